The molecular weight excluding hydrogens is 221 g/mol. The van der Waals surface area contributed by atoms with Gasteiger partial charge in [0.25, 0.3) is 0 Å². The molecule has 0 unspecified atom stereocenters. The molecular formula is CuNbS2+3. The maximum Gasteiger partial charge on any atom is 5.00 e. The Kier molecular flexibility index (Phi) is 193. The van der Waals surface area contributed by atoms with Crippen LogP contribution in [-0.4, -0.2) is 0 Å². The van der Waals surface area contributed by atoms with Crippen molar-refractivity contribution in [2.24, 2.45) is 0 Å². The molecule has 25 valence electrons. The molecule has 4 heteroatoms. The van der Waals surface area contributed by atoms with Crippen molar-refractivity contribution in [2.75, 3.05) is 0 Å². The number of hydrogen-bond acceptors (Lipinski definition) is 0. The Morgan fingerprint density at radius 1 is 0.750 bits per heavy atom. The Bertz CT molecular complexity index is 6.00. The summed E-state index contributed by atoms with van der Waals surface area (Å²) >= 11 is 0. The molecule has 4 heavy (non-hydrogen) atoms. The van der Waals surface area contributed by atoms with Crippen LogP contribution in [0.3, 0.4) is 0 Å². The average Bonchev–Trinajstić information content (AvgIpc) is 0. The predicted octanol–water partition coefficient (Wildman–Crippen LogP) is -0.00980. The van der Waals surface area contributed by atoms with Crippen LogP contribution in [0.2, 0.25) is 0 Å². The maximum atomic E-state index is 0. The van der Waals surface area contributed by atoms with E-state index in [1.165, 1.54) is 0 Å². The summed E-state index contributed by atoms with van der Waals surface area (Å²) in [5.41, 5.74) is 0. The van der Waals surface area contributed by atoms with E-state index in [1.54, 1.807) is 0 Å². The van der Waals surface area contributed by atoms with E-state index < -0.39 is 0 Å². The minimum atomic E-state index is 0. The summed E-state index contributed by atoms with van der Waals surface area (Å²) in [4.78, 5) is 0. The van der Waals surface area contributed by atoms with Gasteiger partial charge in [0.2, 0.25) is 0 Å². The molecule has 0 aromatic rings. The van der Waals surface area contributed by atoms with Crippen molar-refractivity contribution in [1.29, 1.82) is 0 Å². The molecule has 0 aliphatic rings. The quantitative estimate of drug-likeness (QED) is 0.504. The molecule has 0 saturated heterocycles. The summed E-state index contributed by atoms with van der Waals surface area (Å²) in [5, 5.41) is 0. The minimum absolute atomic E-state index is 0. The van der Waals surface area contributed by atoms with E-state index in [1.807, 2.05) is 0 Å². The van der Waals surface area contributed by atoms with Gasteiger partial charge in [-0.05, 0) is 0 Å². The molecule has 0 spiro atoms. The molecule has 0 amide bonds. The van der Waals surface area contributed by atoms with E-state index in [2.05, 4.69) is 0 Å². The van der Waals surface area contributed by atoms with Crippen molar-refractivity contribution in [3.63, 3.8) is 0 Å². The van der Waals surface area contributed by atoms with Gasteiger partial charge in [-0.3, -0.25) is 0 Å². The average molecular weight is 221 g/mol. The monoisotopic (exact) mass is 220 g/mol. The van der Waals surface area contributed by atoms with E-state index in [4.69, 9.17) is 0 Å². The van der Waals surface area contributed by atoms with Gasteiger partial charge in [-0.1, -0.05) is 0 Å². The molecule has 0 aromatic carbocycles. The second-order valence-corrected chi connectivity index (χ2v) is 0. The molecule has 0 heterocycles. The van der Waals surface area contributed by atoms with Crippen molar-refractivity contribution < 1.29 is 39.4 Å². The molecule has 0 saturated carbocycles. The van der Waals surface area contributed by atoms with Gasteiger partial charge in [-0.15, -0.1) is 0 Å². The molecule has 0 nitrogen and oxygen atoms in total. The largest absolute Gasteiger partial charge is 5.00 e. The van der Waals surface area contributed by atoms with Crippen LogP contribution >= 0.6 is 0 Å². The van der Waals surface area contributed by atoms with E-state index in [9.17, 15) is 0 Å². The summed E-state index contributed by atoms with van der Waals surface area (Å²) < 4.78 is 0. The van der Waals surface area contributed by atoms with E-state index >= 15 is 0 Å². The van der Waals surface area contributed by atoms with Gasteiger partial charge in [-0.2, -0.15) is 0 Å². The molecule has 0 bridgehead atoms. The molecule has 0 fully saturated rings. The van der Waals surface area contributed by atoms with Crippen LogP contribution in [0.5, 0.6) is 0 Å². The summed E-state index contributed by atoms with van der Waals surface area (Å²) in [6.45, 7) is 0. The van der Waals surface area contributed by atoms with Crippen molar-refractivity contribution in [1.82, 2.24) is 0 Å². The Morgan fingerprint density at radius 2 is 0.750 bits per heavy atom. The smallest absolute Gasteiger partial charge is 2.00 e. The first kappa shape index (κ1) is 38.2. The molecule has 0 aliphatic heterocycles. The Hall–Kier alpha value is 1.96. The van der Waals surface area contributed by atoms with Crippen molar-refractivity contribution in [3.8, 4) is 0 Å². The fraction of sp³-hybridized carbons (Fsp3) is 0. The second kappa shape index (κ2) is 20.2. The third kappa shape index (κ3) is 9.03. The molecule has 0 rings (SSSR count). The predicted molar refractivity (Wildman–Crippen MR) is 14.7 cm³/mol. The summed E-state index contributed by atoms with van der Waals surface area (Å²) in [6, 6.07) is 0. The van der Waals surface area contributed by atoms with E-state index in [-0.39, 0.29) is 66.4 Å². The third-order valence-electron chi connectivity index (χ3n) is 0. The standard InChI is InChI=1S/Cu.Nb.2S/q+2;+5;2*-2. The zero-order valence-corrected chi connectivity index (χ0v) is 6.34. The van der Waals surface area contributed by atoms with Gasteiger partial charge >= 0.3 is 39.4 Å². The van der Waals surface area contributed by atoms with Crippen LogP contribution in [0.15, 0.2) is 0 Å². The van der Waals surface area contributed by atoms with Gasteiger partial charge in [0, 0.05) is 0 Å². The fourth-order valence-corrected chi connectivity index (χ4v) is 0. The Morgan fingerprint density at radius 3 is 0.750 bits per heavy atom. The van der Waals surface area contributed by atoms with Crippen molar-refractivity contribution >= 4 is 27.0 Å². The minimum Gasteiger partial charge on any atom is -2.00 e. The first-order chi connectivity index (χ1) is 0. The first-order valence-corrected chi connectivity index (χ1v) is 0. The molecule has 0 aromatic heterocycles. The zero-order valence-electron chi connectivity index (χ0n) is 1.57. The Balaban J connectivity index is 0. The molecule has 1 radical (unpaired) electrons. The van der Waals surface area contributed by atoms with Crippen LogP contribution in [0.1, 0.15) is 0 Å². The van der Waals surface area contributed by atoms with Crippen LogP contribution in [-0.2, 0) is 66.4 Å². The Labute approximate surface area is 66.0 Å². The van der Waals surface area contributed by atoms with Crippen LogP contribution in [0.4, 0.5) is 0 Å². The molecule has 0 aliphatic carbocycles. The van der Waals surface area contributed by atoms with E-state index in [0.717, 1.165) is 0 Å². The topological polar surface area (TPSA) is 0 Å². The van der Waals surface area contributed by atoms with Crippen molar-refractivity contribution in [3.05, 3.63) is 0 Å². The summed E-state index contributed by atoms with van der Waals surface area (Å²) in [5.74, 6) is 0. The second-order valence-electron chi connectivity index (χ2n) is 0. The zero-order chi connectivity index (χ0) is 0. The summed E-state index contributed by atoms with van der Waals surface area (Å²) in [7, 11) is 0. The maximum absolute atomic E-state index is 0. The van der Waals surface area contributed by atoms with Gasteiger partial charge in [-0.25, -0.2) is 0 Å². The third-order valence-corrected chi connectivity index (χ3v) is 0. The molecule has 0 N–H and O–H groups in total. The van der Waals surface area contributed by atoms with Gasteiger partial charge in [0.15, 0.2) is 0 Å². The van der Waals surface area contributed by atoms with Crippen LogP contribution < -0.4 is 0 Å². The van der Waals surface area contributed by atoms with E-state index in [0.29, 0.717) is 0 Å². The first-order valence-electron chi connectivity index (χ1n) is 0. The van der Waals surface area contributed by atoms with Gasteiger partial charge in [0.05, 0.1) is 0 Å². The fourth-order valence-electron chi connectivity index (χ4n) is 0. The van der Waals surface area contributed by atoms with Gasteiger partial charge in [0.1, 0.15) is 0 Å². The normalized spacial score (nSPS) is 0. The number of rotatable bonds is 0. The summed E-state index contributed by atoms with van der Waals surface area (Å²) in [6.07, 6.45) is 0. The molecule has 0 atom stereocenters. The van der Waals surface area contributed by atoms with Crippen LogP contribution in [0, 0.1) is 0 Å². The SMILES string of the molecule is [Cu+2].[Nb+5].[S-2].[S-2]. The van der Waals surface area contributed by atoms with Gasteiger partial charge < -0.3 is 27.0 Å². The van der Waals surface area contributed by atoms with Crippen LogP contribution in [0.25, 0.3) is 0 Å². The van der Waals surface area contributed by atoms with Crippen molar-refractivity contribution in [2.45, 2.75) is 0 Å². The number of hydrogen-bond donors (Lipinski definition) is 0.